The minimum atomic E-state index is 0.476. The first-order valence-corrected chi connectivity index (χ1v) is 8.03. The van der Waals surface area contributed by atoms with Crippen molar-refractivity contribution >= 4 is 21.6 Å². The number of nitrogens with one attached hydrogen (secondary N) is 1. The predicted octanol–water partition coefficient (Wildman–Crippen LogP) is 5.31. The van der Waals surface area contributed by atoms with Gasteiger partial charge in [0, 0.05) is 23.0 Å². The molecule has 112 valence electrons. The van der Waals surface area contributed by atoms with Crippen LogP contribution in [0.5, 0.6) is 5.75 Å². The van der Waals surface area contributed by atoms with E-state index in [1.165, 1.54) is 5.56 Å². The molecule has 0 heterocycles. The van der Waals surface area contributed by atoms with E-state index in [9.17, 15) is 0 Å². The van der Waals surface area contributed by atoms with Gasteiger partial charge in [0.15, 0.2) is 0 Å². The highest BCUT2D eigenvalue weighted by Crippen LogP contribution is 2.30. The molecule has 0 aliphatic carbocycles. The van der Waals surface area contributed by atoms with Crippen LogP contribution in [-0.4, -0.2) is 13.7 Å². The lowest BCUT2D eigenvalue weighted by molar-refractivity contribution is 0.415. The van der Waals surface area contributed by atoms with Crippen LogP contribution in [0.2, 0.25) is 0 Å². The second-order valence-electron chi connectivity index (χ2n) is 5.49. The van der Waals surface area contributed by atoms with Crippen molar-refractivity contribution in [1.82, 2.24) is 0 Å². The van der Waals surface area contributed by atoms with Crippen LogP contribution in [0.4, 0.5) is 5.69 Å². The average Bonchev–Trinajstić information content (AvgIpc) is 2.50. The molecule has 0 spiro atoms. The molecule has 0 saturated carbocycles. The van der Waals surface area contributed by atoms with Crippen LogP contribution >= 0.6 is 15.9 Å². The Morgan fingerprint density at radius 2 is 1.81 bits per heavy atom. The summed E-state index contributed by atoms with van der Waals surface area (Å²) in [6.45, 7) is 5.42. The maximum absolute atomic E-state index is 5.29. The fraction of sp³-hybridized carbons (Fsp3) is 0.333. The highest BCUT2D eigenvalue weighted by molar-refractivity contribution is 9.10. The average molecular weight is 348 g/mol. The zero-order valence-corrected chi connectivity index (χ0v) is 14.4. The zero-order valence-electron chi connectivity index (χ0n) is 12.8. The summed E-state index contributed by atoms with van der Waals surface area (Å²) in [6, 6.07) is 16.7. The van der Waals surface area contributed by atoms with Crippen molar-refractivity contribution in [2.24, 2.45) is 5.92 Å². The van der Waals surface area contributed by atoms with E-state index in [1.807, 2.05) is 18.2 Å². The molecular weight excluding hydrogens is 326 g/mol. The summed E-state index contributed by atoms with van der Waals surface area (Å²) >= 11 is 3.58. The van der Waals surface area contributed by atoms with Crippen LogP contribution in [-0.2, 0) is 0 Å². The molecule has 0 bridgehead atoms. The first-order valence-electron chi connectivity index (χ1n) is 7.24. The number of hydrogen-bond acceptors (Lipinski definition) is 2. The molecule has 0 saturated heterocycles. The van der Waals surface area contributed by atoms with E-state index in [-0.39, 0.29) is 0 Å². The van der Waals surface area contributed by atoms with Crippen molar-refractivity contribution in [2.75, 3.05) is 19.0 Å². The maximum Gasteiger partial charge on any atom is 0.121 e. The SMILES string of the molecule is COc1ccc(Br)c(NCC(c2ccccc2)C(C)C)c1. The molecule has 0 fully saturated rings. The first-order chi connectivity index (χ1) is 10.1. The summed E-state index contributed by atoms with van der Waals surface area (Å²) in [5, 5.41) is 3.54. The topological polar surface area (TPSA) is 21.3 Å². The van der Waals surface area contributed by atoms with Crippen LogP contribution in [0.3, 0.4) is 0 Å². The Labute approximate surface area is 135 Å². The molecule has 2 aromatic carbocycles. The molecule has 0 radical (unpaired) electrons. The van der Waals surface area contributed by atoms with Gasteiger partial charge in [0.25, 0.3) is 0 Å². The van der Waals surface area contributed by atoms with Crippen LogP contribution in [0.15, 0.2) is 53.0 Å². The van der Waals surface area contributed by atoms with E-state index in [1.54, 1.807) is 7.11 Å². The summed E-state index contributed by atoms with van der Waals surface area (Å²) in [5.41, 5.74) is 2.44. The van der Waals surface area contributed by atoms with E-state index < -0.39 is 0 Å². The molecular formula is C18H22BrNO. The Morgan fingerprint density at radius 1 is 1.10 bits per heavy atom. The largest absolute Gasteiger partial charge is 0.497 e. The molecule has 21 heavy (non-hydrogen) atoms. The third-order valence-corrected chi connectivity index (χ3v) is 4.41. The summed E-state index contributed by atoms with van der Waals surface area (Å²) in [7, 11) is 1.69. The van der Waals surface area contributed by atoms with Gasteiger partial charge in [-0.15, -0.1) is 0 Å². The zero-order chi connectivity index (χ0) is 15.2. The Kier molecular flexibility index (Phi) is 5.68. The highest BCUT2D eigenvalue weighted by atomic mass is 79.9. The molecule has 0 aliphatic rings. The minimum Gasteiger partial charge on any atom is -0.497 e. The van der Waals surface area contributed by atoms with E-state index in [0.717, 1.165) is 22.5 Å². The van der Waals surface area contributed by atoms with Crippen molar-refractivity contribution in [2.45, 2.75) is 19.8 Å². The fourth-order valence-corrected chi connectivity index (χ4v) is 2.81. The highest BCUT2D eigenvalue weighted by Gasteiger charge is 2.16. The summed E-state index contributed by atoms with van der Waals surface area (Å²) in [4.78, 5) is 0. The molecule has 1 N–H and O–H groups in total. The lowest BCUT2D eigenvalue weighted by Crippen LogP contribution is -2.18. The summed E-state index contributed by atoms with van der Waals surface area (Å²) in [5.74, 6) is 1.91. The van der Waals surface area contributed by atoms with Gasteiger partial charge in [-0.3, -0.25) is 0 Å². The van der Waals surface area contributed by atoms with Crippen molar-refractivity contribution in [3.05, 3.63) is 58.6 Å². The fourth-order valence-electron chi connectivity index (χ4n) is 2.43. The first kappa shape index (κ1) is 15.9. The Bertz CT molecular complexity index is 569. The molecule has 2 rings (SSSR count). The minimum absolute atomic E-state index is 0.476. The molecule has 3 heteroatoms. The third kappa shape index (κ3) is 4.24. The van der Waals surface area contributed by atoms with E-state index in [4.69, 9.17) is 4.74 Å². The van der Waals surface area contributed by atoms with Gasteiger partial charge in [-0.25, -0.2) is 0 Å². The van der Waals surface area contributed by atoms with Gasteiger partial charge < -0.3 is 10.1 Å². The predicted molar refractivity (Wildman–Crippen MR) is 93.2 cm³/mol. The van der Waals surface area contributed by atoms with Gasteiger partial charge in [0.2, 0.25) is 0 Å². The van der Waals surface area contributed by atoms with Crippen molar-refractivity contribution in [1.29, 1.82) is 0 Å². The van der Waals surface area contributed by atoms with Crippen LogP contribution in [0.25, 0.3) is 0 Å². The Hall–Kier alpha value is -1.48. The molecule has 1 atom stereocenters. The molecule has 0 amide bonds. The number of benzene rings is 2. The standard InChI is InChI=1S/C18H22BrNO/c1-13(2)16(14-7-5-4-6-8-14)12-20-18-11-15(21-3)9-10-17(18)19/h4-11,13,16,20H,12H2,1-3H3. The lowest BCUT2D eigenvalue weighted by Gasteiger charge is -2.23. The molecule has 2 nitrogen and oxygen atoms in total. The number of ether oxygens (including phenoxy) is 1. The smallest absolute Gasteiger partial charge is 0.121 e. The monoisotopic (exact) mass is 347 g/mol. The van der Waals surface area contributed by atoms with Gasteiger partial charge in [-0.2, -0.15) is 0 Å². The third-order valence-electron chi connectivity index (χ3n) is 3.72. The van der Waals surface area contributed by atoms with Gasteiger partial charge in [0.05, 0.1) is 12.8 Å². The Balaban J connectivity index is 2.13. The van der Waals surface area contributed by atoms with Crippen molar-refractivity contribution in [3.8, 4) is 5.75 Å². The quantitative estimate of drug-likeness (QED) is 0.764. The lowest BCUT2D eigenvalue weighted by atomic mass is 9.88. The number of hydrogen-bond donors (Lipinski definition) is 1. The maximum atomic E-state index is 5.29. The van der Waals surface area contributed by atoms with Gasteiger partial charge in [-0.05, 0) is 39.5 Å². The normalized spacial score (nSPS) is 12.2. The van der Waals surface area contributed by atoms with Crippen molar-refractivity contribution in [3.63, 3.8) is 0 Å². The van der Waals surface area contributed by atoms with Gasteiger partial charge >= 0.3 is 0 Å². The summed E-state index contributed by atoms with van der Waals surface area (Å²) in [6.07, 6.45) is 0. The molecule has 1 unspecified atom stereocenters. The molecule has 0 aromatic heterocycles. The number of halogens is 1. The van der Waals surface area contributed by atoms with Gasteiger partial charge in [0.1, 0.15) is 5.75 Å². The van der Waals surface area contributed by atoms with Crippen LogP contribution < -0.4 is 10.1 Å². The van der Waals surface area contributed by atoms with Crippen LogP contribution in [0, 0.1) is 5.92 Å². The Morgan fingerprint density at radius 3 is 2.43 bits per heavy atom. The van der Waals surface area contributed by atoms with Crippen LogP contribution in [0.1, 0.15) is 25.3 Å². The number of rotatable bonds is 6. The number of methoxy groups -OCH3 is 1. The van der Waals surface area contributed by atoms with E-state index >= 15 is 0 Å². The number of anilines is 1. The second kappa shape index (κ2) is 7.51. The molecule has 2 aromatic rings. The van der Waals surface area contributed by atoms with Crippen molar-refractivity contribution < 1.29 is 4.74 Å². The second-order valence-corrected chi connectivity index (χ2v) is 6.34. The molecule has 0 aliphatic heterocycles. The summed E-state index contributed by atoms with van der Waals surface area (Å²) < 4.78 is 6.34. The van der Waals surface area contributed by atoms with E-state index in [0.29, 0.717) is 11.8 Å². The van der Waals surface area contributed by atoms with E-state index in [2.05, 4.69) is 65.4 Å². The van der Waals surface area contributed by atoms with Gasteiger partial charge in [-0.1, -0.05) is 44.2 Å².